The fourth-order valence-corrected chi connectivity index (χ4v) is 3.25. The molecule has 1 fully saturated rings. The first-order valence-corrected chi connectivity index (χ1v) is 8.56. The fourth-order valence-electron chi connectivity index (χ4n) is 3.25. The molecule has 0 aliphatic heterocycles. The molecule has 0 atom stereocenters. The zero-order chi connectivity index (χ0) is 16.1. The standard InChI is InChI=1S/C21H24O2/c1-16-6-5-9-20(14-16)18-10-12-19(13-11-18)21(22)23-15-17-7-3-2-4-8-17/h5-6,9-14,17H,2-4,7-8,15H2,1H3. The summed E-state index contributed by atoms with van der Waals surface area (Å²) in [5, 5.41) is 0. The van der Waals surface area contributed by atoms with E-state index in [1.165, 1.54) is 43.2 Å². The van der Waals surface area contributed by atoms with Crippen molar-refractivity contribution in [1.29, 1.82) is 0 Å². The van der Waals surface area contributed by atoms with Gasteiger partial charge in [-0.2, -0.15) is 0 Å². The number of carbonyl (C=O) groups excluding carboxylic acids is 1. The minimum absolute atomic E-state index is 0.202. The smallest absolute Gasteiger partial charge is 0.338 e. The molecule has 0 N–H and O–H groups in total. The number of benzene rings is 2. The Morgan fingerprint density at radius 2 is 1.74 bits per heavy atom. The molecule has 0 bridgehead atoms. The zero-order valence-electron chi connectivity index (χ0n) is 13.8. The monoisotopic (exact) mass is 308 g/mol. The molecular formula is C21H24O2. The van der Waals surface area contributed by atoms with Gasteiger partial charge in [-0.1, -0.05) is 61.2 Å². The third-order valence-corrected chi connectivity index (χ3v) is 4.65. The van der Waals surface area contributed by atoms with E-state index in [1.54, 1.807) is 0 Å². The van der Waals surface area contributed by atoms with Crippen LogP contribution in [0.3, 0.4) is 0 Å². The highest BCUT2D eigenvalue weighted by atomic mass is 16.5. The van der Waals surface area contributed by atoms with Crippen LogP contribution in [0.2, 0.25) is 0 Å². The molecule has 1 aliphatic carbocycles. The first-order valence-electron chi connectivity index (χ1n) is 8.56. The average molecular weight is 308 g/mol. The number of hydrogen-bond donors (Lipinski definition) is 0. The second-order valence-corrected chi connectivity index (χ2v) is 6.55. The summed E-state index contributed by atoms with van der Waals surface area (Å²) in [5.41, 5.74) is 4.17. The minimum Gasteiger partial charge on any atom is -0.462 e. The molecule has 2 aromatic rings. The first kappa shape index (κ1) is 15.8. The van der Waals surface area contributed by atoms with E-state index in [4.69, 9.17) is 4.74 Å². The maximum absolute atomic E-state index is 12.2. The molecule has 3 rings (SSSR count). The maximum atomic E-state index is 12.2. The molecule has 1 saturated carbocycles. The fraction of sp³-hybridized carbons (Fsp3) is 0.381. The average Bonchev–Trinajstić information content (AvgIpc) is 2.61. The van der Waals surface area contributed by atoms with Crippen LogP contribution >= 0.6 is 0 Å². The van der Waals surface area contributed by atoms with Crippen LogP contribution in [-0.2, 0) is 4.74 Å². The number of hydrogen-bond acceptors (Lipinski definition) is 2. The van der Waals surface area contributed by atoms with Gasteiger partial charge in [-0.3, -0.25) is 0 Å². The van der Waals surface area contributed by atoms with Crippen molar-refractivity contribution in [1.82, 2.24) is 0 Å². The summed E-state index contributed by atoms with van der Waals surface area (Å²) in [5.74, 6) is 0.352. The second kappa shape index (κ2) is 7.45. The molecule has 23 heavy (non-hydrogen) atoms. The van der Waals surface area contributed by atoms with Crippen molar-refractivity contribution in [2.45, 2.75) is 39.0 Å². The normalized spacial score (nSPS) is 15.3. The Labute approximate surface area is 138 Å². The number of carbonyl (C=O) groups is 1. The van der Waals surface area contributed by atoms with Gasteiger partial charge in [-0.05, 0) is 48.9 Å². The van der Waals surface area contributed by atoms with Crippen molar-refractivity contribution < 1.29 is 9.53 Å². The lowest BCUT2D eigenvalue weighted by molar-refractivity contribution is 0.0410. The minimum atomic E-state index is -0.202. The van der Waals surface area contributed by atoms with Gasteiger partial charge >= 0.3 is 5.97 Å². The molecule has 2 aromatic carbocycles. The van der Waals surface area contributed by atoms with Crippen molar-refractivity contribution in [2.24, 2.45) is 5.92 Å². The van der Waals surface area contributed by atoms with E-state index in [0.29, 0.717) is 18.1 Å². The molecule has 2 heteroatoms. The predicted octanol–water partition coefficient (Wildman–Crippen LogP) is 5.40. The molecular weight excluding hydrogens is 284 g/mol. The van der Waals surface area contributed by atoms with Gasteiger partial charge in [0.15, 0.2) is 0 Å². The Morgan fingerprint density at radius 3 is 2.43 bits per heavy atom. The topological polar surface area (TPSA) is 26.3 Å². The van der Waals surface area contributed by atoms with E-state index in [0.717, 1.165) is 5.56 Å². The Kier molecular flexibility index (Phi) is 5.12. The third-order valence-electron chi connectivity index (χ3n) is 4.65. The van der Waals surface area contributed by atoms with Crippen LogP contribution in [0.5, 0.6) is 0 Å². The molecule has 0 saturated heterocycles. The van der Waals surface area contributed by atoms with E-state index < -0.39 is 0 Å². The number of ether oxygens (including phenoxy) is 1. The van der Waals surface area contributed by atoms with Gasteiger partial charge in [0, 0.05) is 0 Å². The van der Waals surface area contributed by atoms with E-state index in [2.05, 4.69) is 31.2 Å². The summed E-state index contributed by atoms with van der Waals surface area (Å²) in [6.45, 7) is 2.65. The van der Waals surface area contributed by atoms with Gasteiger partial charge < -0.3 is 4.74 Å². The van der Waals surface area contributed by atoms with E-state index in [1.807, 2.05) is 24.3 Å². The summed E-state index contributed by atoms with van der Waals surface area (Å²) < 4.78 is 5.49. The number of rotatable bonds is 4. The Balaban J connectivity index is 1.61. The number of esters is 1. The molecule has 0 radical (unpaired) electrons. The van der Waals surface area contributed by atoms with Crippen molar-refractivity contribution in [3.8, 4) is 11.1 Å². The molecule has 1 aliphatic rings. The molecule has 120 valence electrons. The van der Waals surface area contributed by atoms with Crippen molar-refractivity contribution in [3.05, 3.63) is 59.7 Å². The van der Waals surface area contributed by atoms with Crippen LogP contribution < -0.4 is 0 Å². The van der Waals surface area contributed by atoms with Gasteiger partial charge in [-0.15, -0.1) is 0 Å². The molecule has 2 nitrogen and oxygen atoms in total. The third kappa shape index (κ3) is 4.22. The Hall–Kier alpha value is -2.09. The maximum Gasteiger partial charge on any atom is 0.338 e. The van der Waals surface area contributed by atoms with Crippen LogP contribution in [-0.4, -0.2) is 12.6 Å². The largest absolute Gasteiger partial charge is 0.462 e. The van der Waals surface area contributed by atoms with E-state index in [-0.39, 0.29) is 5.97 Å². The second-order valence-electron chi connectivity index (χ2n) is 6.55. The van der Waals surface area contributed by atoms with Gasteiger partial charge in [0.2, 0.25) is 0 Å². The Bertz CT molecular complexity index is 652. The zero-order valence-corrected chi connectivity index (χ0v) is 13.8. The lowest BCUT2D eigenvalue weighted by Gasteiger charge is -2.21. The van der Waals surface area contributed by atoms with Crippen molar-refractivity contribution >= 4 is 5.97 Å². The van der Waals surface area contributed by atoms with Gasteiger partial charge in [0.25, 0.3) is 0 Å². The summed E-state index contributed by atoms with van der Waals surface area (Å²) in [6, 6.07) is 16.1. The van der Waals surface area contributed by atoms with E-state index >= 15 is 0 Å². The molecule has 0 spiro atoms. The van der Waals surface area contributed by atoms with Gasteiger partial charge in [0.1, 0.15) is 0 Å². The van der Waals surface area contributed by atoms with Crippen LogP contribution in [0.1, 0.15) is 48.0 Å². The summed E-state index contributed by atoms with van der Waals surface area (Å²) in [4.78, 5) is 12.2. The summed E-state index contributed by atoms with van der Waals surface area (Å²) >= 11 is 0. The molecule has 0 aromatic heterocycles. The predicted molar refractivity (Wildman–Crippen MR) is 93.5 cm³/mol. The van der Waals surface area contributed by atoms with Crippen LogP contribution in [0.25, 0.3) is 11.1 Å². The Morgan fingerprint density at radius 1 is 1.00 bits per heavy atom. The van der Waals surface area contributed by atoms with Crippen molar-refractivity contribution in [3.63, 3.8) is 0 Å². The lowest BCUT2D eigenvalue weighted by atomic mass is 9.90. The van der Waals surface area contributed by atoms with Crippen molar-refractivity contribution in [2.75, 3.05) is 6.61 Å². The summed E-state index contributed by atoms with van der Waals surface area (Å²) in [6.07, 6.45) is 6.25. The van der Waals surface area contributed by atoms with Crippen LogP contribution in [0.15, 0.2) is 48.5 Å². The molecule has 0 unspecified atom stereocenters. The van der Waals surface area contributed by atoms with Crippen LogP contribution in [0, 0.1) is 12.8 Å². The molecule has 0 amide bonds. The quantitative estimate of drug-likeness (QED) is 0.707. The highest BCUT2D eigenvalue weighted by Crippen LogP contribution is 2.24. The lowest BCUT2D eigenvalue weighted by Crippen LogP contribution is -2.16. The highest BCUT2D eigenvalue weighted by molar-refractivity contribution is 5.90. The first-order chi connectivity index (χ1) is 11.2. The molecule has 0 heterocycles. The number of aryl methyl sites for hydroxylation is 1. The highest BCUT2D eigenvalue weighted by Gasteiger charge is 2.16. The van der Waals surface area contributed by atoms with Gasteiger partial charge in [-0.25, -0.2) is 4.79 Å². The van der Waals surface area contributed by atoms with Crippen LogP contribution in [0.4, 0.5) is 0 Å². The van der Waals surface area contributed by atoms with E-state index in [9.17, 15) is 4.79 Å². The van der Waals surface area contributed by atoms with Gasteiger partial charge in [0.05, 0.1) is 12.2 Å². The SMILES string of the molecule is Cc1cccc(-c2ccc(C(=O)OCC3CCCCC3)cc2)c1. The summed E-state index contributed by atoms with van der Waals surface area (Å²) in [7, 11) is 0.